The summed E-state index contributed by atoms with van der Waals surface area (Å²) in [6.07, 6.45) is 0. The van der Waals surface area contributed by atoms with Crippen molar-refractivity contribution in [2.75, 3.05) is 5.32 Å². The Morgan fingerprint density at radius 1 is 1.64 bits per heavy atom. The number of hydrogen-bond acceptors (Lipinski definition) is 4. The second-order valence-corrected chi connectivity index (χ2v) is 3.27. The first-order valence-corrected chi connectivity index (χ1v) is 4.44. The summed E-state index contributed by atoms with van der Waals surface area (Å²) >= 11 is 5.63. The highest BCUT2D eigenvalue weighted by atomic mass is 35.5. The highest BCUT2D eigenvalue weighted by molar-refractivity contribution is 6.28. The average Bonchev–Trinajstić information content (AvgIpc) is 2.01. The number of nitrogens with two attached hydrogens (primary N) is 1. The predicted octanol–water partition coefficient (Wildman–Crippen LogP) is 0.724. The van der Waals surface area contributed by atoms with Gasteiger partial charge >= 0.3 is 0 Å². The van der Waals surface area contributed by atoms with Crippen LogP contribution in [0.4, 0.5) is 5.82 Å². The molecule has 1 rings (SSSR count). The van der Waals surface area contributed by atoms with Crippen molar-refractivity contribution in [3.05, 3.63) is 17.0 Å². The summed E-state index contributed by atoms with van der Waals surface area (Å²) in [5.41, 5.74) is 5.81. The molecule has 0 spiro atoms. The largest absolute Gasteiger partial charge is 0.368 e. The molecule has 0 fully saturated rings. The third-order valence-electron chi connectivity index (χ3n) is 1.62. The Hall–Kier alpha value is -1.36. The molecule has 0 saturated heterocycles. The molecule has 0 aliphatic carbocycles. The maximum Gasteiger partial charge on any atom is 0.239 e. The molecular weight excluding hydrogens is 204 g/mol. The van der Waals surface area contributed by atoms with Gasteiger partial charge in [0, 0.05) is 11.8 Å². The van der Waals surface area contributed by atoms with Crippen molar-refractivity contribution < 1.29 is 4.79 Å². The van der Waals surface area contributed by atoms with Gasteiger partial charge in [0.1, 0.15) is 11.9 Å². The predicted molar refractivity (Wildman–Crippen MR) is 54.1 cm³/mol. The van der Waals surface area contributed by atoms with E-state index in [1.165, 1.54) is 0 Å². The van der Waals surface area contributed by atoms with Gasteiger partial charge in [-0.05, 0) is 25.4 Å². The summed E-state index contributed by atoms with van der Waals surface area (Å²) in [5, 5.41) is 2.96. The molecule has 0 aliphatic rings. The number of halogens is 1. The van der Waals surface area contributed by atoms with Crippen LogP contribution in [0.15, 0.2) is 6.07 Å². The zero-order valence-corrected chi connectivity index (χ0v) is 8.67. The van der Waals surface area contributed by atoms with E-state index >= 15 is 0 Å². The van der Waals surface area contributed by atoms with Crippen LogP contribution in [-0.4, -0.2) is 21.9 Å². The third-order valence-corrected chi connectivity index (χ3v) is 1.79. The maximum absolute atomic E-state index is 10.8. The molecule has 1 aromatic rings. The monoisotopic (exact) mass is 214 g/mol. The fourth-order valence-corrected chi connectivity index (χ4v) is 1.12. The molecule has 1 atom stereocenters. The molecule has 0 bridgehead atoms. The van der Waals surface area contributed by atoms with Crippen LogP contribution >= 0.6 is 11.6 Å². The number of nitrogens with zero attached hydrogens (tertiary/aromatic N) is 2. The van der Waals surface area contributed by atoms with E-state index in [1.54, 1.807) is 19.9 Å². The number of aromatic nitrogens is 2. The number of amides is 1. The van der Waals surface area contributed by atoms with Crippen molar-refractivity contribution in [2.24, 2.45) is 5.73 Å². The summed E-state index contributed by atoms with van der Waals surface area (Å²) in [6, 6.07) is 1.20. The molecule has 6 heteroatoms. The fraction of sp³-hybridized carbons (Fsp3) is 0.375. The molecular formula is C8H11ClN4O. The SMILES string of the molecule is Cc1cc(NC(C)C(N)=O)nc(Cl)n1. The lowest BCUT2D eigenvalue weighted by Crippen LogP contribution is -2.32. The first-order chi connectivity index (χ1) is 6.49. The summed E-state index contributed by atoms with van der Waals surface area (Å²) in [6.45, 7) is 3.43. The minimum absolute atomic E-state index is 0.143. The van der Waals surface area contributed by atoms with E-state index in [2.05, 4.69) is 15.3 Å². The lowest BCUT2D eigenvalue weighted by Gasteiger charge is -2.10. The van der Waals surface area contributed by atoms with Gasteiger partial charge in [-0.15, -0.1) is 0 Å². The lowest BCUT2D eigenvalue weighted by molar-refractivity contribution is -0.118. The Labute approximate surface area is 86.7 Å². The van der Waals surface area contributed by atoms with Crippen molar-refractivity contribution >= 4 is 23.3 Å². The molecule has 14 heavy (non-hydrogen) atoms. The van der Waals surface area contributed by atoms with E-state index < -0.39 is 11.9 Å². The van der Waals surface area contributed by atoms with Gasteiger partial charge in [0.15, 0.2) is 0 Å². The highest BCUT2D eigenvalue weighted by Gasteiger charge is 2.09. The first kappa shape index (κ1) is 10.7. The van der Waals surface area contributed by atoms with Crippen molar-refractivity contribution in [3.63, 3.8) is 0 Å². The Bertz CT molecular complexity index is 335. The fourth-order valence-electron chi connectivity index (χ4n) is 0.899. The van der Waals surface area contributed by atoms with Crippen LogP contribution in [-0.2, 0) is 4.79 Å². The number of aryl methyl sites for hydroxylation is 1. The van der Waals surface area contributed by atoms with Gasteiger partial charge in [-0.2, -0.15) is 0 Å². The molecule has 1 aromatic heterocycles. The molecule has 5 nitrogen and oxygen atoms in total. The van der Waals surface area contributed by atoms with E-state index in [-0.39, 0.29) is 5.28 Å². The zero-order chi connectivity index (χ0) is 10.7. The van der Waals surface area contributed by atoms with Gasteiger partial charge in [0.2, 0.25) is 11.2 Å². The third kappa shape index (κ3) is 2.85. The normalized spacial score (nSPS) is 12.2. The van der Waals surface area contributed by atoms with Crippen LogP contribution in [0.3, 0.4) is 0 Å². The van der Waals surface area contributed by atoms with Gasteiger partial charge in [0.25, 0.3) is 0 Å². The first-order valence-electron chi connectivity index (χ1n) is 4.06. The quantitative estimate of drug-likeness (QED) is 0.727. The van der Waals surface area contributed by atoms with Crippen LogP contribution in [0.2, 0.25) is 5.28 Å². The zero-order valence-electron chi connectivity index (χ0n) is 7.91. The molecule has 3 N–H and O–H groups in total. The van der Waals surface area contributed by atoms with Gasteiger partial charge < -0.3 is 11.1 Å². The smallest absolute Gasteiger partial charge is 0.239 e. The van der Waals surface area contributed by atoms with E-state index in [0.717, 1.165) is 5.69 Å². The Morgan fingerprint density at radius 3 is 2.79 bits per heavy atom. The van der Waals surface area contributed by atoms with E-state index in [4.69, 9.17) is 17.3 Å². The number of carbonyl (C=O) groups is 1. The van der Waals surface area contributed by atoms with Crippen molar-refractivity contribution in [2.45, 2.75) is 19.9 Å². The van der Waals surface area contributed by atoms with Gasteiger partial charge in [-0.25, -0.2) is 9.97 Å². The van der Waals surface area contributed by atoms with E-state index in [0.29, 0.717) is 5.82 Å². The van der Waals surface area contributed by atoms with Crippen LogP contribution in [0.1, 0.15) is 12.6 Å². The summed E-state index contributed by atoms with van der Waals surface area (Å²) < 4.78 is 0. The topological polar surface area (TPSA) is 80.9 Å². The highest BCUT2D eigenvalue weighted by Crippen LogP contribution is 2.10. The Morgan fingerprint density at radius 2 is 2.29 bits per heavy atom. The number of carbonyl (C=O) groups excluding carboxylic acids is 1. The molecule has 0 saturated carbocycles. The summed E-state index contributed by atoms with van der Waals surface area (Å²) in [5.74, 6) is 0.0474. The maximum atomic E-state index is 10.8. The Kier molecular flexibility index (Phi) is 3.24. The summed E-state index contributed by atoms with van der Waals surface area (Å²) in [7, 11) is 0. The van der Waals surface area contributed by atoms with Gasteiger partial charge in [-0.1, -0.05) is 0 Å². The molecule has 0 aromatic carbocycles. The van der Waals surface area contributed by atoms with E-state index in [1.807, 2.05) is 0 Å². The summed E-state index contributed by atoms with van der Waals surface area (Å²) in [4.78, 5) is 18.5. The average molecular weight is 215 g/mol. The molecule has 0 radical (unpaired) electrons. The minimum atomic E-state index is -0.486. The molecule has 1 amide bonds. The second-order valence-electron chi connectivity index (χ2n) is 2.93. The van der Waals surface area contributed by atoms with Crippen LogP contribution in [0, 0.1) is 6.92 Å². The van der Waals surface area contributed by atoms with Crippen LogP contribution in [0.25, 0.3) is 0 Å². The van der Waals surface area contributed by atoms with Crippen molar-refractivity contribution in [1.82, 2.24) is 9.97 Å². The van der Waals surface area contributed by atoms with Crippen molar-refractivity contribution in [3.8, 4) is 0 Å². The molecule has 1 heterocycles. The van der Waals surface area contributed by atoms with Gasteiger partial charge in [-0.3, -0.25) is 4.79 Å². The number of anilines is 1. The number of rotatable bonds is 3. The number of primary amides is 1. The molecule has 76 valence electrons. The second kappa shape index (κ2) is 4.23. The minimum Gasteiger partial charge on any atom is -0.368 e. The van der Waals surface area contributed by atoms with Crippen molar-refractivity contribution in [1.29, 1.82) is 0 Å². The molecule has 1 unspecified atom stereocenters. The Balaban J connectivity index is 2.81. The number of hydrogen-bond donors (Lipinski definition) is 2. The van der Waals surface area contributed by atoms with E-state index in [9.17, 15) is 4.79 Å². The lowest BCUT2D eigenvalue weighted by atomic mass is 10.3. The molecule has 0 aliphatic heterocycles. The standard InChI is InChI=1S/C8H11ClN4O/c1-4-3-6(13-8(9)11-4)12-5(2)7(10)14/h3,5H,1-2H3,(H2,10,14)(H,11,12,13). The van der Waals surface area contributed by atoms with Gasteiger partial charge in [0.05, 0.1) is 0 Å². The van der Waals surface area contributed by atoms with Crippen LogP contribution < -0.4 is 11.1 Å². The number of nitrogens with one attached hydrogen (secondary N) is 1. The van der Waals surface area contributed by atoms with Crippen LogP contribution in [0.5, 0.6) is 0 Å².